The quantitative estimate of drug-likeness (QED) is 0.460. The van der Waals surface area contributed by atoms with E-state index >= 15 is 0 Å². The summed E-state index contributed by atoms with van der Waals surface area (Å²) in [6.07, 6.45) is 7.30. The molecule has 0 spiro atoms. The molecule has 0 radical (unpaired) electrons. The van der Waals surface area contributed by atoms with Crippen LogP contribution in [0.5, 0.6) is 5.75 Å². The number of likely N-dealkylation sites (N-methyl/N-ethyl adjacent to an activating group) is 1. The highest BCUT2D eigenvalue weighted by Gasteiger charge is 2.39. The molecule has 1 aromatic heterocycles. The molecule has 1 aliphatic carbocycles. The Hall–Kier alpha value is -3.27. The fraction of sp³-hybridized carbons (Fsp3) is 0.607. The van der Waals surface area contributed by atoms with Crippen LogP contribution in [0, 0.1) is 0 Å². The third-order valence-corrected chi connectivity index (χ3v) is 8.36. The van der Waals surface area contributed by atoms with E-state index in [0.29, 0.717) is 36.0 Å². The zero-order chi connectivity index (χ0) is 26.1. The number of fused-ring (bicyclic) bond motifs is 1. The van der Waals surface area contributed by atoms with Crippen LogP contribution in [0.15, 0.2) is 24.4 Å². The van der Waals surface area contributed by atoms with Crippen LogP contribution in [0.1, 0.15) is 43.6 Å². The molecular formula is C28H40N8O2. The van der Waals surface area contributed by atoms with Gasteiger partial charge in [-0.2, -0.15) is 4.98 Å². The van der Waals surface area contributed by atoms with Gasteiger partial charge in [0.2, 0.25) is 5.95 Å². The molecule has 4 heterocycles. The summed E-state index contributed by atoms with van der Waals surface area (Å²) in [7, 11) is 3.82. The number of hydrogen-bond acceptors (Lipinski definition) is 8. The van der Waals surface area contributed by atoms with Gasteiger partial charge in [-0.05, 0) is 68.8 Å². The molecule has 38 heavy (non-hydrogen) atoms. The lowest BCUT2D eigenvalue weighted by Gasteiger charge is -2.34. The van der Waals surface area contributed by atoms with Gasteiger partial charge in [-0.3, -0.25) is 0 Å². The van der Waals surface area contributed by atoms with E-state index in [1.807, 2.05) is 9.80 Å². The molecule has 1 saturated carbocycles. The first kappa shape index (κ1) is 25.0. The zero-order valence-corrected chi connectivity index (χ0v) is 22.7. The number of nitrogens with one attached hydrogen (secondary N) is 2. The van der Waals surface area contributed by atoms with Gasteiger partial charge in [-0.15, -0.1) is 0 Å². The summed E-state index contributed by atoms with van der Waals surface area (Å²) < 4.78 is 5.52. The van der Waals surface area contributed by atoms with Gasteiger partial charge in [-0.1, -0.05) is 0 Å². The van der Waals surface area contributed by atoms with E-state index < -0.39 is 0 Å². The highest BCUT2D eigenvalue weighted by atomic mass is 16.5. The first-order chi connectivity index (χ1) is 18.6. The highest BCUT2D eigenvalue weighted by molar-refractivity contribution is 5.77. The maximum Gasteiger partial charge on any atom is 0.320 e. The minimum atomic E-state index is 0.198. The van der Waals surface area contributed by atoms with Crippen molar-refractivity contribution >= 4 is 29.2 Å². The standard InChI is InChI=1S/C28H40N8O2/c1-33-13-15-34(16-14-33)21-8-9-24(23(17-21)20-6-7-20)31-27-30-18-25(38-2)26(32-27)29-10-4-11-35-19-22-5-3-12-36(22)28(35)37/h8-9,17-18,20,22H,3-7,10-16,19H2,1-2H3,(H2,29,30,31,32)/t22-/m0/s1. The summed E-state index contributed by atoms with van der Waals surface area (Å²) in [5, 5.41) is 6.89. The van der Waals surface area contributed by atoms with E-state index in [2.05, 4.69) is 50.7 Å². The number of methoxy groups -OCH3 is 1. The molecule has 10 heteroatoms. The van der Waals surface area contributed by atoms with Crippen LogP contribution >= 0.6 is 0 Å². The van der Waals surface area contributed by atoms with Crippen LogP contribution in [0.3, 0.4) is 0 Å². The van der Waals surface area contributed by atoms with Crippen LogP contribution in [0.25, 0.3) is 0 Å². The molecule has 3 aliphatic heterocycles. The smallest absolute Gasteiger partial charge is 0.320 e. The van der Waals surface area contributed by atoms with Gasteiger partial charge in [0, 0.05) is 63.7 Å². The van der Waals surface area contributed by atoms with Gasteiger partial charge in [0.05, 0.1) is 19.3 Å². The van der Waals surface area contributed by atoms with Crippen molar-refractivity contribution in [3.63, 3.8) is 0 Å². The van der Waals surface area contributed by atoms with Crippen molar-refractivity contribution in [3.8, 4) is 5.75 Å². The Morgan fingerprint density at radius 2 is 1.95 bits per heavy atom. The first-order valence-corrected chi connectivity index (χ1v) is 14.1. The number of nitrogens with zero attached hydrogens (tertiary/aromatic N) is 6. The Balaban J connectivity index is 1.09. The van der Waals surface area contributed by atoms with Crippen molar-refractivity contribution in [2.24, 2.45) is 0 Å². The molecule has 0 bridgehead atoms. The van der Waals surface area contributed by atoms with Crippen molar-refractivity contribution < 1.29 is 9.53 Å². The summed E-state index contributed by atoms with van der Waals surface area (Å²) in [6, 6.07) is 7.37. The van der Waals surface area contributed by atoms with Gasteiger partial charge in [0.15, 0.2) is 11.6 Å². The predicted molar refractivity (Wildman–Crippen MR) is 150 cm³/mol. The average molecular weight is 521 g/mol. The lowest BCUT2D eigenvalue weighted by Crippen LogP contribution is -2.44. The number of ether oxygens (including phenoxy) is 1. The fourth-order valence-electron chi connectivity index (χ4n) is 5.94. The average Bonchev–Trinajstić information content (AvgIpc) is 3.60. The molecular weight excluding hydrogens is 480 g/mol. The van der Waals surface area contributed by atoms with E-state index in [9.17, 15) is 4.79 Å². The molecule has 204 valence electrons. The molecule has 3 saturated heterocycles. The number of hydrogen-bond donors (Lipinski definition) is 2. The SMILES string of the molecule is COc1cnc(Nc2ccc(N3CCN(C)CC3)cc2C2CC2)nc1NCCCN1C[C@@H]2CCCN2C1=O. The van der Waals surface area contributed by atoms with Crippen molar-refractivity contribution in [3.05, 3.63) is 30.0 Å². The number of aromatic nitrogens is 2. The fourth-order valence-corrected chi connectivity index (χ4v) is 5.94. The Bertz CT molecular complexity index is 1150. The normalized spacial score (nSPS) is 21.7. The molecule has 1 aromatic carbocycles. The molecule has 1 atom stereocenters. The molecule has 2 aromatic rings. The van der Waals surface area contributed by atoms with E-state index in [1.54, 1.807) is 13.3 Å². The lowest BCUT2D eigenvalue weighted by atomic mass is 10.1. The van der Waals surface area contributed by atoms with Gasteiger partial charge >= 0.3 is 6.03 Å². The summed E-state index contributed by atoms with van der Waals surface area (Å²) in [4.78, 5) is 30.7. The third-order valence-electron chi connectivity index (χ3n) is 8.36. The van der Waals surface area contributed by atoms with Gasteiger partial charge in [0.25, 0.3) is 0 Å². The predicted octanol–water partition coefficient (Wildman–Crippen LogP) is 3.56. The Morgan fingerprint density at radius 1 is 1.11 bits per heavy atom. The summed E-state index contributed by atoms with van der Waals surface area (Å²) in [5.74, 6) is 2.43. The minimum Gasteiger partial charge on any atom is -0.491 e. The molecule has 2 amide bonds. The second kappa shape index (κ2) is 10.8. The summed E-state index contributed by atoms with van der Waals surface area (Å²) in [6.45, 7) is 7.55. The van der Waals surface area contributed by atoms with Crippen LogP contribution in [-0.2, 0) is 0 Å². The first-order valence-electron chi connectivity index (χ1n) is 14.1. The van der Waals surface area contributed by atoms with Gasteiger partial charge < -0.3 is 35.0 Å². The Kier molecular flexibility index (Phi) is 7.14. The lowest BCUT2D eigenvalue weighted by molar-refractivity contribution is 0.193. The molecule has 4 aliphatic rings. The maximum atomic E-state index is 12.6. The molecule has 10 nitrogen and oxygen atoms in total. The third kappa shape index (κ3) is 5.32. The number of amides is 2. The van der Waals surface area contributed by atoms with Crippen LogP contribution in [0.4, 0.5) is 27.9 Å². The van der Waals surface area contributed by atoms with Gasteiger partial charge in [0.1, 0.15) is 0 Å². The summed E-state index contributed by atoms with van der Waals surface area (Å²) in [5.41, 5.74) is 3.74. The number of urea groups is 1. The Labute approximate surface area is 225 Å². The van der Waals surface area contributed by atoms with Crippen molar-refractivity contribution in [2.75, 3.05) is 82.0 Å². The largest absolute Gasteiger partial charge is 0.491 e. The number of carbonyl (C=O) groups is 1. The molecule has 2 N–H and O–H groups in total. The second-order valence-corrected chi connectivity index (χ2v) is 11.1. The van der Waals surface area contributed by atoms with Crippen LogP contribution in [0.2, 0.25) is 0 Å². The van der Waals surface area contributed by atoms with Crippen LogP contribution in [-0.4, -0.2) is 103 Å². The number of rotatable bonds is 10. The monoisotopic (exact) mass is 520 g/mol. The minimum absolute atomic E-state index is 0.198. The topological polar surface area (TPSA) is 89.1 Å². The molecule has 6 rings (SSSR count). The van der Waals surface area contributed by atoms with E-state index in [0.717, 1.165) is 70.8 Å². The van der Waals surface area contributed by atoms with Crippen molar-refractivity contribution in [1.29, 1.82) is 0 Å². The zero-order valence-electron chi connectivity index (χ0n) is 22.7. The Morgan fingerprint density at radius 3 is 2.71 bits per heavy atom. The number of carbonyl (C=O) groups excluding carboxylic acids is 1. The molecule has 4 fully saturated rings. The van der Waals surface area contributed by atoms with E-state index in [4.69, 9.17) is 9.72 Å². The van der Waals surface area contributed by atoms with Crippen molar-refractivity contribution in [2.45, 2.75) is 44.1 Å². The van der Waals surface area contributed by atoms with Crippen LogP contribution < -0.4 is 20.3 Å². The second-order valence-electron chi connectivity index (χ2n) is 11.1. The summed E-state index contributed by atoms with van der Waals surface area (Å²) >= 11 is 0. The number of piperazine rings is 1. The number of benzene rings is 1. The maximum absolute atomic E-state index is 12.6. The highest BCUT2D eigenvalue weighted by Crippen LogP contribution is 2.45. The molecule has 0 unspecified atom stereocenters. The van der Waals surface area contributed by atoms with E-state index in [1.165, 1.54) is 24.1 Å². The van der Waals surface area contributed by atoms with Gasteiger partial charge in [-0.25, -0.2) is 9.78 Å². The number of anilines is 4. The van der Waals surface area contributed by atoms with Crippen molar-refractivity contribution in [1.82, 2.24) is 24.7 Å². The van der Waals surface area contributed by atoms with E-state index in [-0.39, 0.29) is 6.03 Å².